The molecule has 1 unspecified atom stereocenters. The molecule has 10 nitrogen and oxygen atoms in total. The van der Waals surface area contributed by atoms with Gasteiger partial charge in [-0.1, -0.05) is 12.1 Å². The SMILES string of the molecule is CC(=O)N1N=C(c2ccc([N+](=O)[O-])cc2)CC1c1cccc(OS(N)(=O)=O)c1. The number of nitrogens with two attached hydrogens (primary N) is 1. The molecule has 0 saturated heterocycles. The fraction of sp³-hybridized carbons (Fsp3) is 0.176. The Morgan fingerprint density at radius 1 is 1.29 bits per heavy atom. The van der Waals surface area contributed by atoms with Crippen LogP contribution in [0.5, 0.6) is 5.75 Å². The van der Waals surface area contributed by atoms with Gasteiger partial charge in [0.1, 0.15) is 5.75 Å². The Hall–Kier alpha value is -3.31. The summed E-state index contributed by atoms with van der Waals surface area (Å²) in [5.41, 5.74) is 1.79. The van der Waals surface area contributed by atoms with Gasteiger partial charge in [0.05, 0.1) is 16.7 Å². The highest BCUT2D eigenvalue weighted by Gasteiger charge is 2.31. The smallest absolute Gasteiger partial charge is 0.371 e. The second kappa shape index (κ2) is 7.37. The van der Waals surface area contributed by atoms with Crippen molar-refractivity contribution in [1.29, 1.82) is 0 Å². The first-order chi connectivity index (χ1) is 13.1. The lowest BCUT2D eigenvalue weighted by molar-refractivity contribution is -0.384. The maximum absolute atomic E-state index is 12.0. The topological polar surface area (TPSA) is 145 Å². The van der Waals surface area contributed by atoms with Crippen LogP contribution in [0.2, 0.25) is 0 Å². The molecule has 3 rings (SSSR count). The molecule has 0 bridgehead atoms. The Labute approximate surface area is 160 Å². The molecule has 1 amide bonds. The van der Waals surface area contributed by atoms with E-state index in [1.165, 1.54) is 36.2 Å². The maximum Gasteiger partial charge on any atom is 0.380 e. The number of amides is 1. The van der Waals surface area contributed by atoms with Gasteiger partial charge in [0.2, 0.25) is 5.91 Å². The Kier molecular flexibility index (Phi) is 5.12. The lowest BCUT2D eigenvalue weighted by Gasteiger charge is -2.20. The van der Waals surface area contributed by atoms with E-state index in [0.717, 1.165) is 0 Å². The summed E-state index contributed by atoms with van der Waals surface area (Å²) in [4.78, 5) is 22.3. The van der Waals surface area contributed by atoms with E-state index in [-0.39, 0.29) is 17.3 Å². The van der Waals surface area contributed by atoms with Gasteiger partial charge in [-0.05, 0) is 35.4 Å². The Balaban J connectivity index is 1.90. The van der Waals surface area contributed by atoms with Gasteiger partial charge >= 0.3 is 10.3 Å². The summed E-state index contributed by atoms with van der Waals surface area (Å²) in [5.74, 6) is -0.285. The molecular weight excluding hydrogens is 388 g/mol. The molecule has 2 aromatic rings. The molecule has 1 aliphatic rings. The first-order valence-corrected chi connectivity index (χ1v) is 9.55. The van der Waals surface area contributed by atoms with Crippen LogP contribution in [0, 0.1) is 10.1 Å². The zero-order valence-electron chi connectivity index (χ0n) is 14.7. The van der Waals surface area contributed by atoms with Gasteiger partial charge in [0, 0.05) is 25.5 Å². The average Bonchev–Trinajstić information content (AvgIpc) is 3.06. The number of carbonyl (C=O) groups is 1. The van der Waals surface area contributed by atoms with E-state index in [4.69, 9.17) is 9.32 Å². The number of non-ortho nitro benzene ring substituents is 1. The van der Waals surface area contributed by atoms with Crippen LogP contribution in [0.4, 0.5) is 5.69 Å². The summed E-state index contributed by atoms with van der Waals surface area (Å²) in [6, 6.07) is 11.6. The number of benzene rings is 2. The molecule has 0 radical (unpaired) electrons. The van der Waals surface area contributed by atoms with Gasteiger partial charge in [-0.3, -0.25) is 14.9 Å². The molecule has 0 fully saturated rings. The number of nitro groups is 1. The molecule has 28 heavy (non-hydrogen) atoms. The van der Waals surface area contributed by atoms with Crippen LogP contribution in [0.1, 0.15) is 30.5 Å². The maximum atomic E-state index is 12.0. The number of nitro benzene ring substituents is 1. The zero-order valence-corrected chi connectivity index (χ0v) is 15.5. The van der Waals surface area contributed by atoms with E-state index in [1.54, 1.807) is 24.3 Å². The molecular formula is C17H16N4O6S. The number of nitrogens with zero attached hydrogens (tertiary/aromatic N) is 3. The summed E-state index contributed by atoms with van der Waals surface area (Å²) in [5, 5.41) is 21.3. The van der Waals surface area contributed by atoms with Crippen molar-refractivity contribution in [2.24, 2.45) is 10.2 Å². The molecule has 11 heteroatoms. The van der Waals surface area contributed by atoms with Gasteiger partial charge in [-0.2, -0.15) is 18.7 Å². The third-order valence-corrected chi connectivity index (χ3v) is 4.52. The second-order valence-electron chi connectivity index (χ2n) is 6.08. The molecule has 146 valence electrons. The quantitative estimate of drug-likeness (QED) is 0.595. The van der Waals surface area contributed by atoms with Gasteiger partial charge in [0.25, 0.3) is 5.69 Å². The van der Waals surface area contributed by atoms with Gasteiger partial charge < -0.3 is 4.18 Å². The minimum Gasteiger partial charge on any atom is -0.371 e. The standard InChI is InChI=1S/C17H16N4O6S/c1-11(22)20-17(13-3-2-4-15(9-13)27-28(18,25)26)10-16(19-20)12-5-7-14(8-6-12)21(23)24/h2-9,17H,10H2,1H3,(H2,18,25,26). The van der Waals surface area contributed by atoms with Crippen LogP contribution in [0.3, 0.4) is 0 Å². The van der Waals surface area contributed by atoms with E-state index in [2.05, 4.69) is 5.10 Å². The molecule has 1 atom stereocenters. The van der Waals surface area contributed by atoms with Crippen molar-refractivity contribution in [3.63, 3.8) is 0 Å². The molecule has 2 aromatic carbocycles. The molecule has 2 N–H and O–H groups in total. The summed E-state index contributed by atoms with van der Waals surface area (Å²) in [7, 11) is -4.18. The molecule has 0 saturated carbocycles. The summed E-state index contributed by atoms with van der Waals surface area (Å²) >= 11 is 0. The van der Waals surface area contributed by atoms with Crippen LogP contribution >= 0.6 is 0 Å². The molecule has 0 aromatic heterocycles. The lowest BCUT2D eigenvalue weighted by Crippen LogP contribution is -2.24. The highest BCUT2D eigenvalue weighted by atomic mass is 32.2. The fourth-order valence-corrected chi connectivity index (χ4v) is 3.29. The van der Waals surface area contributed by atoms with E-state index in [1.807, 2.05) is 0 Å². The molecule has 0 spiro atoms. The van der Waals surface area contributed by atoms with E-state index < -0.39 is 21.3 Å². The van der Waals surface area contributed by atoms with Crippen LogP contribution in [0.15, 0.2) is 53.6 Å². The largest absolute Gasteiger partial charge is 0.380 e. The molecule has 1 heterocycles. The number of carbonyl (C=O) groups excluding carboxylic acids is 1. The second-order valence-corrected chi connectivity index (χ2v) is 7.24. The predicted octanol–water partition coefficient (Wildman–Crippen LogP) is 1.87. The van der Waals surface area contributed by atoms with Crippen molar-refractivity contribution >= 4 is 27.6 Å². The van der Waals surface area contributed by atoms with Crippen LogP contribution in [-0.2, 0) is 15.1 Å². The fourth-order valence-electron chi connectivity index (χ4n) is 2.92. The summed E-state index contributed by atoms with van der Waals surface area (Å²) in [6.45, 7) is 1.36. The van der Waals surface area contributed by atoms with Crippen molar-refractivity contribution in [3.8, 4) is 5.75 Å². The van der Waals surface area contributed by atoms with Crippen molar-refractivity contribution in [2.45, 2.75) is 19.4 Å². The number of hydrogen-bond acceptors (Lipinski definition) is 7. The number of hydrazone groups is 1. The minimum absolute atomic E-state index is 0.0206. The van der Waals surface area contributed by atoms with E-state index >= 15 is 0 Å². The van der Waals surface area contributed by atoms with Crippen LogP contribution < -0.4 is 9.32 Å². The van der Waals surface area contributed by atoms with Crippen LogP contribution in [0.25, 0.3) is 0 Å². The Bertz CT molecular complexity index is 1070. The van der Waals surface area contributed by atoms with Gasteiger partial charge in [-0.15, -0.1) is 0 Å². The Morgan fingerprint density at radius 2 is 1.96 bits per heavy atom. The summed E-state index contributed by atoms with van der Waals surface area (Å²) in [6.07, 6.45) is 0.343. The first kappa shape index (κ1) is 19.5. The number of rotatable bonds is 5. The van der Waals surface area contributed by atoms with E-state index in [9.17, 15) is 23.3 Å². The highest BCUT2D eigenvalue weighted by Crippen LogP contribution is 2.34. The Morgan fingerprint density at radius 3 is 2.54 bits per heavy atom. The minimum atomic E-state index is -4.18. The number of hydrogen-bond donors (Lipinski definition) is 1. The highest BCUT2D eigenvalue weighted by molar-refractivity contribution is 7.84. The third kappa shape index (κ3) is 4.32. The molecule has 0 aliphatic carbocycles. The van der Waals surface area contributed by atoms with Gasteiger partial charge in [0.15, 0.2) is 0 Å². The monoisotopic (exact) mass is 404 g/mol. The predicted molar refractivity (Wildman–Crippen MR) is 99.7 cm³/mol. The van der Waals surface area contributed by atoms with Crippen LogP contribution in [-0.4, -0.2) is 30.0 Å². The normalized spacial score (nSPS) is 16.6. The summed E-state index contributed by atoms with van der Waals surface area (Å²) < 4.78 is 27.0. The van der Waals surface area contributed by atoms with Crippen molar-refractivity contribution in [1.82, 2.24) is 5.01 Å². The van der Waals surface area contributed by atoms with E-state index in [0.29, 0.717) is 23.3 Å². The zero-order chi connectivity index (χ0) is 20.5. The van der Waals surface area contributed by atoms with Gasteiger partial charge in [-0.25, -0.2) is 5.01 Å². The lowest BCUT2D eigenvalue weighted by atomic mass is 9.98. The van der Waals surface area contributed by atoms with Crippen molar-refractivity contribution in [2.75, 3.05) is 0 Å². The van der Waals surface area contributed by atoms with Crippen molar-refractivity contribution < 1.29 is 22.3 Å². The molecule has 1 aliphatic heterocycles. The third-order valence-electron chi connectivity index (χ3n) is 4.10. The average molecular weight is 404 g/mol. The van der Waals surface area contributed by atoms with Crippen molar-refractivity contribution in [3.05, 3.63) is 69.8 Å². The first-order valence-electron chi connectivity index (χ1n) is 8.08.